The van der Waals surface area contributed by atoms with Crippen LogP contribution in [0, 0.1) is 13.8 Å². The van der Waals surface area contributed by atoms with Crippen LogP contribution in [0.3, 0.4) is 0 Å². The van der Waals surface area contributed by atoms with Crippen LogP contribution in [0.2, 0.25) is 0 Å². The number of carbonyl (C=O) groups is 2. The number of carbonyl (C=O) groups excluding carboxylic acids is 2. The number of hydrogen-bond donors (Lipinski definition) is 1. The average molecular weight is 438 g/mol. The van der Waals surface area contributed by atoms with E-state index in [1.165, 1.54) is 0 Å². The van der Waals surface area contributed by atoms with Crippen LogP contribution in [0.25, 0.3) is 22.2 Å². The summed E-state index contributed by atoms with van der Waals surface area (Å²) in [4.78, 5) is 34.3. The van der Waals surface area contributed by atoms with Gasteiger partial charge in [-0.3, -0.25) is 9.59 Å². The SMILES string of the molecule is Cc1cc(C)cc(-c2[nH]c3ccccc3c2C(=O)C(=O)N2CCN(c3ccccc3)CC2)c1. The van der Waals surface area contributed by atoms with Crippen molar-refractivity contribution in [3.8, 4) is 11.3 Å². The highest BCUT2D eigenvalue weighted by molar-refractivity contribution is 6.46. The zero-order valence-electron chi connectivity index (χ0n) is 19.0. The highest BCUT2D eigenvalue weighted by atomic mass is 16.2. The summed E-state index contributed by atoms with van der Waals surface area (Å²) in [6, 6.07) is 24.1. The van der Waals surface area contributed by atoms with Crippen LogP contribution >= 0.6 is 0 Å². The van der Waals surface area contributed by atoms with Gasteiger partial charge in [0.15, 0.2) is 0 Å². The summed E-state index contributed by atoms with van der Waals surface area (Å²) >= 11 is 0. The molecular formula is C28H27N3O2. The second kappa shape index (κ2) is 8.58. The molecule has 33 heavy (non-hydrogen) atoms. The Morgan fingerprint density at radius 3 is 2.12 bits per heavy atom. The Bertz CT molecular complexity index is 1310. The van der Waals surface area contributed by atoms with Crippen molar-refractivity contribution in [1.82, 2.24) is 9.88 Å². The molecule has 3 aromatic carbocycles. The maximum absolute atomic E-state index is 13.6. The van der Waals surface area contributed by atoms with Crippen LogP contribution in [0.4, 0.5) is 5.69 Å². The number of aromatic nitrogens is 1. The van der Waals surface area contributed by atoms with Crippen molar-refractivity contribution in [2.75, 3.05) is 31.1 Å². The van der Waals surface area contributed by atoms with E-state index in [0.29, 0.717) is 37.4 Å². The third-order valence-electron chi connectivity index (χ3n) is 6.33. The molecule has 4 aromatic rings. The van der Waals surface area contributed by atoms with Crippen LogP contribution in [-0.4, -0.2) is 47.8 Å². The summed E-state index contributed by atoms with van der Waals surface area (Å²) in [5.41, 5.74) is 6.33. The van der Waals surface area contributed by atoms with E-state index in [1.54, 1.807) is 4.90 Å². The summed E-state index contributed by atoms with van der Waals surface area (Å²) in [6.07, 6.45) is 0. The molecule has 5 heteroatoms. The molecule has 1 fully saturated rings. The molecule has 0 radical (unpaired) electrons. The minimum absolute atomic E-state index is 0.432. The first-order chi connectivity index (χ1) is 16.0. The quantitative estimate of drug-likeness (QED) is 0.362. The van der Waals surface area contributed by atoms with Crippen molar-refractivity contribution < 1.29 is 9.59 Å². The number of fused-ring (bicyclic) bond motifs is 1. The number of hydrogen-bond acceptors (Lipinski definition) is 3. The third-order valence-corrected chi connectivity index (χ3v) is 6.33. The number of anilines is 1. The number of nitrogens with zero attached hydrogens (tertiary/aromatic N) is 2. The van der Waals surface area contributed by atoms with Crippen LogP contribution in [-0.2, 0) is 4.79 Å². The molecule has 0 unspecified atom stereocenters. The molecule has 1 aliphatic heterocycles. The zero-order chi connectivity index (χ0) is 22.9. The van der Waals surface area contributed by atoms with Gasteiger partial charge in [0, 0.05) is 42.8 Å². The molecule has 0 bridgehead atoms. The van der Waals surface area contributed by atoms with Crippen molar-refractivity contribution in [3.63, 3.8) is 0 Å². The molecule has 1 amide bonds. The van der Waals surface area contributed by atoms with Crippen molar-refractivity contribution in [2.45, 2.75) is 13.8 Å². The standard InChI is InChI=1S/C28H27N3O2/c1-19-16-20(2)18-21(17-19)26-25(23-10-6-7-11-24(23)29-26)27(32)28(33)31-14-12-30(13-15-31)22-8-4-3-5-9-22/h3-11,16-18,29H,12-15H2,1-2H3. The first-order valence-corrected chi connectivity index (χ1v) is 11.3. The molecule has 0 spiro atoms. The second-order valence-electron chi connectivity index (χ2n) is 8.74. The number of aromatic amines is 1. The topological polar surface area (TPSA) is 56.4 Å². The molecule has 0 saturated carbocycles. The van der Waals surface area contributed by atoms with E-state index in [0.717, 1.165) is 33.3 Å². The van der Waals surface area contributed by atoms with Gasteiger partial charge in [0.05, 0.1) is 11.3 Å². The number of ketones is 1. The fourth-order valence-corrected chi connectivity index (χ4v) is 4.77. The second-order valence-corrected chi connectivity index (χ2v) is 8.74. The summed E-state index contributed by atoms with van der Waals surface area (Å²) < 4.78 is 0. The number of Topliss-reactive ketones (excluding diaryl/α,β-unsaturated/α-hetero) is 1. The lowest BCUT2D eigenvalue weighted by molar-refractivity contribution is -0.126. The van der Waals surface area contributed by atoms with E-state index in [9.17, 15) is 9.59 Å². The number of nitrogens with one attached hydrogen (secondary N) is 1. The van der Waals surface area contributed by atoms with Gasteiger partial charge in [0.2, 0.25) is 0 Å². The number of amides is 1. The number of aryl methyl sites for hydroxylation is 2. The number of para-hydroxylation sites is 2. The van der Waals surface area contributed by atoms with Gasteiger partial charge in [0.25, 0.3) is 11.7 Å². The molecule has 1 saturated heterocycles. The smallest absolute Gasteiger partial charge is 0.295 e. The Labute approximate surface area is 193 Å². The van der Waals surface area contributed by atoms with Gasteiger partial charge in [-0.1, -0.05) is 53.6 Å². The third kappa shape index (κ3) is 4.02. The van der Waals surface area contributed by atoms with E-state index in [-0.39, 0.29) is 0 Å². The van der Waals surface area contributed by atoms with Crippen LogP contribution < -0.4 is 4.90 Å². The number of rotatable bonds is 4. The zero-order valence-corrected chi connectivity index (χ0v) is 19.0. The number of H-pyrrole nitrogens is 1. The lowest BCUT2D eigenvalue weighted by Gasteiger charge is -2.35. The Morgan fingerprint density at radius 1 is 0.788 bits per heavy atom. The molecule has 5 nitrogen and oxygen atoms in total. The molecule has 166 valence electrons. The molecule has 0 aliphatic carbocycles. The molecule has 1 N–H and O–H groups in total. The van der Waals surface area contributed by atoms with Crippen molar-refractivity contribution in [2.24, 2.45) is 0 Å². The highest BCUT2D eigenvalue weighted by Crippen LogP contribution is 2.32. The predicted molar refractivity (Wildman–Crippen MR) is 133 cm³/mol. The fourth-order valence-electron chi connectivity index (χ4n) is 4.77. The number of piperazine rings is 1. The monoisotopic (exact) mass is 437 g/mol. The largest absolute Gasteiger partial charge is 0.368 e. The Morgan fingerprint density at radius 2 is 1.42 bits per heavy atom. The molecule has 2 heterocycles. The predicted octanol–water partition coefficient (Wildman–Crippen LogP) is 4.98. The van der Waals surface area contributed by atoms with E-state index in [1.807, 2.05) is 56.3 Å². The Kier molecular flexibility index (Phi) is 5.47. The van der Waals surface area contributed by atoms with Crippen LogP contribution in [0.15, 0.2) is 72.8 Å². The fraction of sp³-hybridized carbons (Fsp3) is 0.214. The van der Waals surface area contributed by atoms with Crippen molar-refractivity contribution >= 4 is 28.3 Å². The van der Waals surface area contributed by atoms with Gasteiger partial charge >= 0.3 is 0 Å². The summed E-state index contributed by atoms with van der Waals surface area (Å²) in [7, 11) is 0. The van der Waals surface area contributed by atoms with Gasteiger partial charge < -0.3 is 14.8 Å². The first-order valence-electron chi connectivity index (χ1n) is 11.3. The highest BCUT2D eigenvalue weighted by Gasteiger charge is 2.31. The van der Waals surface area contributed by atoms with Crippen LogP contribution in [0.1, 0.15) is 21.5 Å². The van der Waals surface area contributed by atoms with E-state index < -0.39 is 11.7 Å². The summed E-state index contributed by atoms with van der Waals surface area (Å²) in [6.45, 7) is 6.55. The summed E-state index contributed by atoms with van der Waals surface area (Å²) in [5.74, 6) is -0.882. The van der Waals surface area contributed by atoms with Crippen LogP contribution in [0.5, 0.6) is 0 Å². The lowest BCUT2D eigenvalue weighted by Crippen LogP contribution is -2.50. The minimum Gasteiger partial charge on any atom is -0.368 e. The van der Waals surface area contributed by atoms with Gasteiger partial charge in [-0.15, -0.1) is 0 Å². The van der Waals surface area contributed by atoms with E-state index in [2.05, 4.69) is 40.2 Å². The Hall–Kier alpha value is -3.86. The number of benzene rings is 3. The first kappa shape index (κ1) is 21.0. The molecule has 0 atom stereocenters. The molecule has 1 aliphatic rings. The average Bonchev–Trinajstić information content (AvgIpc) is 3.23. The lowest BCUT2D eigenvalue weighted by atomic mass is 9.98. The normalized spacial score (nSPS) is 14.0. The van der Waals surface area contributed by atoms with Crippen molar-refractivity contribution in [3.05, 3.63) is 89.5 Å². The molecule has 1 aromatic heterocycles. The van der Waals surface area contributed by atoms with Gasteiger partial charge in [-0.05, 0) is 49.7 Å². The maximum Gasteiger partial charge on any atom is 0.295 e. The maximum atomic E-state index is 13.6. The van der Waals surface area contributed by atoms with Gasteiger partial charge in [-0.25, -0.2) is 0 Å². The minimum atomic E-state index is -0.449. The van der Waals surface area contributed by atoms with Gasteiger partial charge in [0.1, 0.15) is 0 Å². The molecular weight excluding hydrogens is 410 g/mol. The van der Waals surface area contributed by atoms with E-state index >= 15 is 0 Å². The van der Waals surface area contributed by atoms with Gasteiger partial charge in [-0.2, -0.15) is 0 Å². The van der Waals surface area contributed by atoms with Crippen molar-refractivity contribution in [1.29, 1.82) is 0 Å². The summed E-state index contributed by atoms with van der Waals surface area (Å²) in [5, 5.41) is 0.785. The van der Waals surface area contributed by atoms with E-state index in [4.69, 9.17) is 0 Å². The Balaban J connectivity index is 1.45. The molecule has 5 rings (SSSR count).